The first-order valence-corrected chi connectivity index (χ1v) is 31.7. The third-order valence-corrected chi connectivity index (χ3v) is 17.7. The summed E-state index contributed by atoms with van der Waals surface area (Å²) in [4.78, 5) is 0. The largest absolute Gasteiger partial charge is 0.213 e. The zero-order chi connectivity index (χ0) is 83.0. The molecule has 92 heavy (non-hydrogen) atoms. The molecule has 5 heterocycles. The first-order valence-electron chi connectivity index (χ1n) is 40.2. The Morgan fingerprint density at radius 2 is 0.641 bits per heavy atom. The molecule has 0 fully saturated rings. The number of rotatable bonds is 6. The number of hydrogen-bond acceptors (Lipinski definition) is 0. The molecule has 0 amide bonds. The van der Waals surface area contributed by atoms with Gasteiger partial charge in [0.1, 0.15) is 35.2 Å². The first kappa shape index (κ1) is 51.4. The Balaban J connectivity index is 0.000000214. The van der Waals surface area contributed by atoms with Gasteiger partial charge in [0.2, 0.25) is 28.5 Å². The highest BCUT2D eigenvalue weighted by Crippen LogP contribution is 2.31. The van der Waals surface area contributed by atoms with Crippen molar-refractivity contribution in [2.45, 2.75) is 179 Å². The van der Waals surface area contributed by atoms with Gasteiger partial charge in [0, 0.05) is 98.1 Å². The minimum Gasteiger partial charge on any atom is -0.201 e. The minimum atomic E-state index is -2.16. The van der Waals surface area contributed by atoms with Gasteiger partial charge in [-0.15, -0.1) is 0 Å². The molecule has 0 unspecified atom stereocenters. The van der Waals surface area contributed by atoms with Crippen LogP contribution in [0.3, 0.4) is 0 Å². The van der Waals surface area contributed by atoms with Gasteiger partial charge in [0.25, 0.3) is 0 Å². The van der Waals surface area contributed by atoms with E-state index in [1.54, 1.807) is 85.9 Å². The molecule has 5 heteroatoms. The van der Waals surface area contributed by atoms with Crippen molar-refractivity contribution in [3.63, 3.8) is 0 Å². The second-order valence-electron chi connectivity index (χ2n) is 26.7. The average Bonchev–Trinajstić information content (AvgIpc) is 0.773. The Morgan fingerprint density at radius 3 is 1.05 bits per heavy atom. The molecule has 5 aromatic heterocycles. The third kappa shape index (κ3) is 17.9. The summed E-state index contributed by atoms with van der Waals surface area (Å²) in [7, 11) is 9.74. The molecule has 0 atom stereocenters. The van der Waals surface area contributed by atoms with E-state index < -0.39 is 46.0 Å². The predicted molar refractivity (Wildman–Crippen MR) is 393 cm³/mol. The molecule has 10 rings (SSSR count). The molecular weight excluding hydrogens is 1110 g/mol. The van der Waals surface area contributed by atoms with Gasteiger partial charge in [-0.2, -0.15) is 0 Å². The van der Waals surface area contributed by atoms with E-state index in [0.717, 1.165) is 61.6 Å². The van der Waals surface area contributed by atoms with Gasteiger partial charge in [-0.1, -0.05) is 86.0 Å². The smallest absolute Gasteiger partial charge is 0.201 e. The van der Waals surface area contributed by atoms with Crippen molar-refractivity contribution in [3.05, 3.63) is 262 Å². The molecule has 0 saturated heterocycles. The molecule has 0 N–H and O–H groups in total. The monoisotopic (exact) mass is 1250 g/mol. The predicted octanol–water partition coefficient (Wildman–Crippen LogP) is 19.3. The topological polar surface area (TPSA) is 19.4 Å². The van der Waals surface area contributed by atoms with Crippen LogP contribution in [0, 0.1) is 157 Å². The summed E-state index contributed by atoms with van der Waals surface area (Å²) < 4.78 is 141. The Bertz CT molecular complexity index is 4980. The van der Waals surface area contributed by atoms with Crippen molar-refractivity contribution in [2.24, 2.45) is 40.7 Å². The lowest BCUT2D eigenvalue weighted by Crippen LogP contribution is -2.32. The second kappa shape index (κ2) is 30.5. The number of nitrogens with zero attached hydrogens (tertiary/aromatic N) is 5. The highest BCUT2D eigenvalue weighted by Gasteiger charge is 2.22. The maximum atomic E-state index is 8.42. The molecule has 0 bridgehead atoms. The Labute approximate surface area is 582 Å². The van der Waals surface area contributed by atoms with E-state index in [1.165, 1.54) is 78.1 Å². The molecular formula is C87H114N5+5. The fourth-order valence-electron chi connectivity index (χ4n) is 11.9. The SMILES string of the molecule is Cc1cc(-c2ccc(C)c(C)c2C)[n+](C)cc1C.Cc1cc(C)c(-c2cc(C)c(C)c[n+]2C)c(C)c1.[2H]C([2H])([2H])c1c[n+](C)c(-c2ccc(C([2H])([2H])[2H])c(C)c2C)cc1C.[2H]C([2H])([2H])c1cc(C)c(-c2cc(C)c(C([2H])([2H])[2H])c[n+]2C)c(C)c1.[2H]C([2H])([2H])c1ccc(-c2ccc(C([2H])([2H])C(C)(C)C)c[n+]2C)c(C)c1. The highest BCUT2D eigenvalue weighted by molar-refractivity contribution is 5.69. The highest BCUT2D eigenvalue weighted by atomic mass is 14.9. The lowest BCUT2D eigenvalue weighted by atomic mass is 9.88. The summed E-state index contributed by atoms with van der Waals surface area (Å²) in [6.07, 6.45) is 8.04. The number of pyridine rings is 5. The third-order valence-electron chi connectivity index (χ3n) is 17.7. The van der Waals surface area contributed by atoms with E-state index in [-0.39, 0.29) is 0 Å². The van der Waals surface area contributed by atoms with Crippen LogP contribution in [0.2, 0.25) is 0 Å². The van der Waals surface area contributed by atoms with Crippen LogP contribution in [0.1, 0.15) is 172 Å². The van der Waals surface area contributed by atoms with Gasteiger partial charge in [0.05, 0.1) is 11.1 Å². The van der Waals surface area contributed by atoms with Crippen LogP contribution in [0.25, 0.3) is 56.3 Å². The molecule has 5 nitrogen and oxygen atoms in total. The summed E-state index contributed by atoms with van der Waals surface area (Å²) in [5, 5.41) is 0. The van der Waals surface area contributed by atoms with E-state index in [1.807, 2.05) is 104 Å². The van der Waals surface area contributed by atoms with Crippen molar-refractivity contribution in [3.8, 4) is 56.3 Å². The van der Waals surface area contributed by atoms with E-state index in [0.29, 0.717) is 44.5 Å². The van der Waals surface area contributed by atoms with E-state index in [9.17, 15) is 0 Å². The molecule has 482 valence electrons. The maximum absolute atomic E-state index is 8.42. The molecule has 0 spiro atoms. The lowest BCUT2D eigenvalue weighted by Gasteiger charge is -2.17. The summed E-state index contributed by atoms with van der Waals surface area (Å²) in [5.41, 5.74) is 31.7. The first-order chi connectivity index (χ1) is 49.7. The normalized spacial score (nSPS) is 14.6. The molecule has 0 aliphatic rings. The van der Waals surface area contributed by atoms with Crippen molar-refractivity contribution in [2.75, 3.05) is 0 Å². The van der Waals surface area contributed by atoms with Crippen LogP contribution in [0.15, 0.2) is 134 Å². The number of aromatic nitrogens is 5. The number of benzene rings is 5. The van der Waals surface area contributed by atoms with Crippen molar-refractivity contribution in [1.82, 2.24) is 0 Å². The van der Waals surface area contributed by atoms with Gasteiger partial charge in [0.15, 0.2) is 31.0 Å². The van der Waals surface area contributed by atoms with Gasteiger partial charge in [-0.25, -0.2) is 22.8 Å². The summed E-state index contributed by atoms with van der Waals surface area (Å²) in [5.74, 6) is 0. The van der Waals surface area contributed by atoms with Crippen molar-refractivity contribution >= 4 is 0 Å². The van der Waals surface area contributed by atoms with E-state index >= 15 is 0 Å². The zero-order valence-corrected chi connectivity index (χ0v) is 59.9. The van der Waals surface area contributed by atoms with E-state index in [2.05, 4.69) is 141 Å². The van der Waals surface area contributed by atoms with Gasteiger partial charge in [-0.05, 0) is 271 Å². The lowest BCUT2D eigenvalue weighted by molar-refractivity contribution is -0.661. The fraction of sp³-hybridized carbons (Fsp3) is 0.368. The van der Waals surface area contributed by atoms with Crippen LogP contribution < -0.4 is 22.8 Å². The maximum Gasteiger partial charge on any atom is 0.213 e. The fourth-order valence-corrected chi connectivity index (χ4v) is 11.9. The summed E-state index contributed by atoms with van der Waals surface area (Å²) in [6.45, 7) is 29.7. The van der Waals surface area contributed by atoms with Crippen molar-refractivity contribution < 1.29 is 46.1 Å². The molecule has 5 aromatic carbocycles. The average molecular weight is 1250 g/mol. The molecule has 0 saturated carbocycles. The van der Waals surface area contributed by atoms with Gasteiger partial charge in [-0.3, -0.25) is 0 Å². The van der Waals surface area contributed by atoms with Crippen LogP contribution in [0.4, 0.5) is 0 Å². The molecule has 0 radical (unpaired) electrons. The Hall–Kier alpha value is -8.15. The molecule has 0 aliphatic heterocycles. The van der Waals surface area contributed by atoms with Gasteiger partial charge >= 0.3 is 0 Å². The number of hydrogen-bond donors (Lipinski definition) is 0. The molecule has 10 aromatic rings. The van der Waals surface area contributed by atoms with Gasteiger partial charge < -0.3 is 0 Å². The van der Waals surface area contributed by atoms with Crippen molar-refractivity contribution in [1.29, 1.82) is 0 Å². The van der Waals surface area contributed by atoms with Crippen LogP contribution in [-0.2, 0) is 41.6 Å². The van der Waals surface area contributed by atoms with Crippen LogP contribution in [0.5, 0.6) is 0 Å². The van der Waals surface area contributed by atoms with Crippen LogP contribution in [-0.4, -0.2) is 0 Å². The second-order valence-corrected chi connectivity index (χ2v) is 26.7. The van der Waals surface area contributed by atoms with E-state index in [4.69, 9.17) is 23.3 Å². The zero-order valence-electron chi connectivity index (χ0n) is 76.9. The Morgan fingerprint density at radius 1 is 0.283 bits per heavy atom. The quantitative estimate of drug-likeness (QED) is 0.148. The minimum absolute atomic E-state index is 0.319. The standard InChI is InChI=1S/C19H26N.4C17H22N/c1-14-7-9-17(15(2)11-14)18-10-8-16(13-20(18)6)12-19(3,4)5;2*1-11-7-13(3)17(14(4)8-11)16-9-12(2)15(5)10-18(16)6;2*1-11-7-8-16(15(5)14(11)4)17-9-12(2)13(3)10-18(17)6/h7-11,13H,12H2,1-6H3;4*7-10H,1-6H3/q5*+1/i1D3,12D2;1D3,5D3;;1D3,3D3;. The molecule has 0 aliphatic carbocycles. The number of aryl methyl sites for hydroxylation is 23. The Kier molecular flexibility index (Phi) is 17.0. The summed E-state index contributed by atoms with van der Waals surface area (Å²) >= 11 is 0. The van der Waals surface area contributed by atoms with Crippen LogP contribution >= 0.6 is 0 Å². The summed E-state index contributed by atoms with van der Waals surface area (Å²) in [6, 6.07) is 32.9.